The van der Waals surface area contributed by atoms with Gasteiger partial charge < -0.3 is 9.47 Å². The van der Waals surface area contributed by atoms with E-state index in [1.54, 1.807) is 30.3 Å². The lowest BCUT2D eigenvalue weighted by atomic mass is 10.2. The lowest BCUT2D eigenvalue weighted by Gasteiger charge is -2.03. The van der Waals surface area contributed by atoms with Crippen LogP contribution in [0.15, 0.2) is 43.0 Å². The van der Waals surface area contributed by atoms with E-state index in [4.69, 9.17) is 9.47 Å². The van der Waals surface area contributed by atoms with E-state index < -0.39 is 0 Å². The maximum absolute atomic E-state index is 11.3. The summed E-state index contributed by atoms with van der Waals surface area (Å²) in [6, 6.07) is 8.78. The first-order valence-corrected chi connectivity index (χ1v) is 4.25. The summed E-state index contributed by atoms with van der Waals surface area (Å²) in [4.78, 5) is 11.3. The molecule has 0 heterocycles. The average Bonchev–Trinajstić information content (AvgIpc) is 2.25. The molecule has 0 aliphatic rings. The van der Waals surface area contributed by atoms with Gasteiger partial charge in [-0.1, -0.05) is 24.3 Å². The van der Waals surface area contributed by atoms with Crippen LogP contribution in [0.2, 0.25) is 0 Å². The molecule has 0 unspecified atom stereocenters. The normalized spacial score (nSPS) is 9.43. The molecule has 0 saturated carbocycles. The van der Waals surface area contributed by atoms with Crippen LogP contribution < -0.4 is 0 Å². The number of rotatable bonds is 5. The van der Waals surface area contributed by atoms with Gasteiger partial charge in [0.15, 0.2) is 6.79 Å². The summed E-state index contributed by atoms with van der Waals surface area (Å²) < 4.78 is 9.74. The average molecular weight is 192 g/mol. The Balaban J connectivity index is 2.32. The topological polar surface area (TPSA) is 35.5 Å². The predicted octanol–water partition coefficient (Wildman–Crippen LogP) is 2.00. The third kappa shape index (κ3) is 3.41. The van der Waals surface area contributed by atoms with Crippen molar-refractivity contribution < 1.29 is 14.3 Å². The summed E-state index contributed by atoms with van der Waals surface area (Å²) in [5, 5.41) is 0. The molecule has 0 aliphatic heterocycles. The van der Waals surface area contributed by atoms with Crippen LogP contribution in [0.4, 0.5) is 0 Å². The SMILES string of the molecule is C=CCOCOC(=O)c1ccccc1. The predicted molar refractivity (Wildman–Crippen MR) is 52.9 cm³/mol. The molecule has 0 N–H and O–H groups in total. The fourth-order valence-electron chi connectivity index (χ4n) is 0.884. The van der Waals surface area contributed by atoms with Gasteiger partial charge in [-0.25, -0.2) is 4.79 Å². The fourth-order valence-corrected chi connectivity index (χ4v) is 0.884. The Labute approximate surface area is 83.0 Å². The Morgan fingerprint density at radius 2 is 2.07 bits per heavy atom. The molecule has 14 heavy (non-hydrogen) atoms. The second kappa shape index (κ2) is 5.94. The van der Waals surface area contributed by atoms with E-state index in [9.17, 15) is 4.79 Å². The van der Waals surface area contributed by atoms with Gasteiger partial charge in [0.25, 0.3) is 0 Å². The minimum atomic E-state index is -0.380. The Hall–Kier alpha value is -1.61. The molecule has 0 bridgehead atoms. The highest BCUT2D eigenvalue weighted by molar-refractivity contribution is 5.89. The molecular weight excluding hydrogens is 180 g/mol. The van der Waals surface area contributed by atoms with Crippen molar-refractivity contribution >= 4 is 5.97 Å². The van der Waals surface area contributed by atoms with Crippen LogP contribution in [0.1, 0.15) is 10.4 Å². The highest BCUT2D eigenvalue weighted by atomic mass is 16.7. The van der Waals surface area contributed by atoms with Crippen molar-refractivity contribution in [1.82, 2.24) is 0 Å². The molecule has 74 valence electrons. The van der Waals surface area contributed by atoms with Gasteiger partial charge in [0.05, 0.1) is 12.2 Å². The van der Waals surface area contributed by atoms with Crippen molar-refractivity contribution in [2.75, 3.05) is 13.4 Å². The smallest absolute Gasteiger partial charge is 0.340 e. The Morgan fingerprint density at radius 1 is 1.36 bits per heavy atom. The van der Waals surface area contributed by atoms with E-state index in [0.29, 0.717) is 12.2 Å². The number of esters is 1. The molecule has 0 radical (unpaired) electrons. The van der Waals surface area contributed by atoms with Crippen LogP contribution in [0, 0.1) is 0 Å². The van der Waals surface area contributed by atoms with Gasteiger partial charge in [-0.15, -0.1) is 6.58 Å². The molecule has 0 saturated heterocycles. The Bertz CT molecular complexity index is 293. The van der Waals surface area contributed by atoms with Gasteiger partial charge in [-0.05, 0) is 12.1 Å². The fraction of sp³-hybridized carbons (Fsp3) is 0.182. The quantitative estimate of drug-likeness (QED) is 0.310. The highest BCUT2D eigenvalue weighted by Gasteiger charge is 2.04. The first kappa shape index (κ1) is 10.5. The molecule has 0 aliphatic carbocycles. The van der Waals surface area contributed by atoms with Gasteiger partial charge in [0, 0.05) is 0 Å². The number of benzene rings is 1. The zero-order valence-electron chi connectivity index (χ0n) is 7.81. The summed E-state index contributed by atoms with van der Waals surface area (Å²) in [5.41, 5.74) is 0.523. The number of carbonyl (C=O) groups excluding carboxylic acids is 1. The Kier molecular flexibility index (Phi) is 4.44. The van der Waals surface area contributed by atoms with Crippen LogP contribution in [0.5, 0.6) is 0 Å². The zero-order chi connectivity index (χ0) is 10.2. The lowest BCUT2D eigenvalue weighted by Crippen LogP contribution is -2.08. The number of ether oxygens (including phenoxy) is 2. The van der Waals surface area contributed by atoms with Crippen LogP contribution in [0.3, 0.4) is 0 Å². The van der Waals surface area contributed by atoms with E-state index in [2.05, 4.69) is 6.58 Å². The molecule has 0 spiro atoms. The molecule has 0 amide bonds. The molecule has 0 fully saturated rings. The second-order valence-corrected chi connectivity index (χ2v) is 2.58. The third-order valence-corrected chi connectivity index (χ3v) is 1.52. The van der Waals surface area contributed by atoms with Crippen LogP contribution in [0.25, 0.3) is 0 Å². The van der Waals surface area contributed by atoms with Crippen molar-refractivity contribution in [3.05, 3.63) is 48.6 Å². The number of carbonyl (C=O) groups is 1. The minimum Gasteiger partial charge on any atom is -0.435 e. The second-order valence-electron chi connectivity index (χ2n) is 2.58. The van der Waals surface area contributed by atoms with Crippen molar-refractivity contribution in [1.29, 1.82) is 0 Å². The van der Waals surface area contributed by atoms with Crippen molar-refractivity contribution in [2.24, 2.45) is 0 Å². The summed E-state index contributed by atoms with van der Waals surface area (Å²) in [5.74, 6) is -0.380. The van der Waals surface area contributed by atoms with E-state index in [0.717, 1.165) is 0 Å². The van der Waals surface area contributed by atoms with Crippen molar-refractivity contribution in [2.45, 2.75) is 0 Å². The Morgan fingerprint density at radius 3 is 2.71 bits per heavy atom. The standard InChI is InChI=1S/C11H12O3/c1-2-8-13-9-14-11(12)10-6-4-3-5-7-10/h2-7H,1,8-9H2. The molecule has 3 nitrogen and oxygen atoms in total. The summed E-state index contributed by atoms with van der Waals surface area (Å²) in [6.07, 6.45) is 1.59. The summed E-state index contributed by atoms with van der Waals surface area (Å²) in [6.45, 7) is 3.81. The minimum absolute atomic E-state index is 0.0419. The zero-order valence-corrected chi connectivity index (χ0v) is 7.81. The number of hydrogen-bond donors (Lipinski definition) is 0. The highest BCUT2D eigenvalue weighted by Crippen LogP contribution is 2.00. The maximum atomic E-state index is 11.3. The molecular formula is C11H12O3. The van der Waals surface area contributed by atoms with Crippen molar-refractivity contribution in [3.8, 4) is 0 Å². The van der Waals surface area contributed by atoms with E-state index in [1.807, 2.05) is 6.07 Å². The third-order valence-electron chi connectivity index (χ3n) is 1.52. The molecule has 0 atom stereocenters. The maximum Gasteiger partial charge on any atom is 0.340 e. The first-order valence-electron chi connectivity index (χ1n) is 4.25. The first-order chi connectivity index (χ1) is 6.84. The monoisotopic (exact) mass is 192 g/mol. The number of hydrogen-bond acceptors (Lipinski definition) is 3. The largest absolute Gasteiger partial charge is 0.435 e. The van der Waals surface area contributed by atoms with Gasteiger partial charge in [0.1, 0.15) is 0 Å². The van der Waals surface area contributed by atoms with Gasteiger partial charge in [-0.2, -0.15) is 0 Å². The van der Waals surface area contributed by atoms with Crippen LogP contribution in [-0.2, 0) is 9.47 Å². The summed E-state index contributed by atoms with van der Waals surface area (Å²) >= 11 is 0. The van der Waals surface area contributed by atoms with E-state index in [1.165, 1.54) is 0 Å². The van der Waals surface area contributed by atoms with E-state index in [-0.39, 0.29) is 12.8 Å². The molecule has 3 heteroatoms. The molecule has 1 aromatic rings. The van der Waals surface area contributed by atoms with Gasteiger partial charge >= 0.3 is 5.97 Å². The molecule has 0 aromatic heterocycles. The van der Waals surface area contributed by atoms with Crippen LogP contribution in [-0.4, -0.2) is 19.4 Å². The van der Waals surface area contributed by atoms with Gasteiger partial charge in [-0.3, -0.25) is 0 Å². The van der Waals surface area contributed by atoms with Crippen molar-refractivity contribution in [3.63, 3.8) is 0 Å². The van der Waals surface area contributed by atoms with Gasteiger partial charge in [0.2, 0.25) is 0 Å². The molecule has 1 rings (SSSR count). The lowest BCUT2D eigenvalue weighted by molar-refractivity contribution is -0.0229. The molecule has 1 aromatic carbocycles. The summed E-state index contributed by atoms with van der Waals surface area (Å²) in [7, 11) is 0. The van der Waals surface area contributed by atoms with E-state index >= 15 is 0 Å². The van der Waals surface area contributed by atoms with Crippen LogP contribution >= 0.6 is 0 Å².